The number of fused-ring (bicyclic) bond motifs is 2. The van der Waals surface area contributed by atoms with Gasteiger partial charge in [0, 0.05) is 43.2 Å². The van der Waals surface area contributed by atoms with Crippen molar-refractivity contribution in [2.45, 2.75) is 44.2 Å². The van der Waals surface area contributed by atoms with Crippen molar-refractivity contribution in [3.05, 3.63) is 40.9 Å². The number of pyridine rings is 1. The molecule has 0 N–H and O–H groups in total. The van der Waals surface area contributed by atoms with E-state index >= 15 is 0 Å². The first-order chi connectivity index (χ1) is 10.7. The van der Waals surface area contributed by atoms with Crippen molar-refractivity contribution in [3.63, 3.8) is 0 Å². The first-order valence-electron chi connectivity index (χ1n) is 8.01. The Hall–Kier alpha value is -2.17. The fraction of sp³-hybridized carbons (Fsp3) is 0.471. The topological polar surface area (TPSA) is 51.0 Å². The summed E-state index contributed by atoms with van der Waals surface area (Å²) in [7, 11) is 1.83. The maximum Gasteiger partial charge on any atom is 0.255 e. The number of aromatic nitrogens is 3. The van der Waals surface area contributed by atoms with Gasteiger partial charge in [0.15, 0.2) is 0 Å². The van der Waals surface area contributed by atoms with Crippen LogP contribution in [0.25, 0.3) is 11.3 Å². The fourth-order valence-electron chi connectivity index (χ4n) is 3.87. The monoisotopic (exact) mass is 296 g/mol. The summed E-state index contributed by atoms with van der Waals surface area (Å²) in [5.41, 5.74) is 1.69. The van der Waals surface area contributed by atoms with Gasteiger partial charge in [-0.1, -0.05) is 0 Å². The Morgan fingerprint density at radius 1 is 1.09 bits per heavy atom. The maximum absolute atomic E-state index is 12.4. The second-order valence-corrected chi connectivity index (χ2v) is 6.30. The van der Waals surface area contributed by atoms with E-state index in [4.69, 9.17) is 4.98 Å². The molecule has 2 saturated heterocycles. The van der Waals surface area contributed by atoms with Crippen LogP contribution in [0.2, 0.25) is 0 Å². The van der Waals surface area contributed by atoms with Crippen molar-refractivity contribution in [2.75, 3.05) is 4.90 Å². The van der Waals surface area contributed by atoms with E-state index in [1.165, 1.54) is 32.1 Å². The van der Waals surface area contributed by atoms with E-state index < -0.39 is 0 Å². The molecule has 0 spiro atoms. The summed E-state index contributed by atoms with van der Waals surface area (Å²) in [6, 6.07) is 6.51. The molecule has 2 fully saturated rings. The third-order valence-electron chi connectivity index (χ3n) is 5.01. The van der Waals surface area contributed by atoms with Gasteiger partial charge in [0.1, 0.15) is 0 Å². The van der Waals surface area contributed by atoms with Crippen molar-refractivity contribution in [2.24, 2.45) is 7.05 Å². The van der Waals surface area contributed by atoms with E-state index in [0.717, 1.165) is 17.2 Å². The molecule has 2 aromatic heterocycles. The highest BCUT2D eigenvalue weighted by Gasteiger charge is 2.38. The van der Waals surface area contributed by atoms with Crippen LogP contribution in [-0.4, -0.2) is 26.6 Å². The summed E-state index contributed by atoms with van der Waals surface area (Å²) in [6.07, 6.45) is 9.64. The van der Waals surface area contributed by atoms with Crippen LogP contribution in [0.3, 0.4) is 0 Å². The molecular weight excluding hydrogens is 276 g/mol. The zero-order valence-electron chi connectivity index (χ0n) is 12.8. The Morgan fingerprint density at radius 2 is 1.77 bits per heavy atom. The van der Waals surface area contributed by atoms with E-state index in [-0.39, 0.29) is 5.56 Å². The van der Waals surface area contributed by atoms with Crippen LogP contribution in [0.1, 0.15) is 32.1 Å². The Labute approximate surface area is 129 Å². The van der Waals surface area contributed by atoms with Crippen molar-refractivity contribution in [1.82, 2.24) is 14.5 Å². The van der Waals surface area contributed by atoms with Crippen LogP contribution in [-0.2, 0) is 7.05 Å². The lowest BCUT2D eigenvalue weighted by Crippen LogP contribution is -2.43. The first kappa shape index (κ1) is 13.5. The Balaban J connectivity index is 1.83. The molecule has 114 valence electrons. The zero-order valence-corrected chi connectivity index (χ0v) is 12.8. The molecular formula is C17H20N4O. The van der Waals surface area contributed by atoms with Gasteiger partial charge in [0.05, 0.1) is 5.69 Å². The third-order valence-corrected chi connectivity index (χ3v) is 5.01. The normalized spacial score (nSPS) is 23.8. The quantitative estimate of drug-likeness (QED) is 0.853. The van der Waals surface area contributed by atoms with Gasteiger partial charge in [0.2, 0.25) is 5.95 Å². The molecule has 0 aliphatic carbocycles. The second-order valence-electron chi connectivity index (χ2n) is 6.30. The van der Waals surface area contributed by atoms with E-state index in [9.17, 15) is 4.79 Å². The van der Waals surface area contributed by atoms with Crippen molar-refractivity contribution < 1.29 is 0 Å². The van der Waals surface area contributed by atoms with E-state index in [2.05, 4.69) is 9.88 Å². The largest absolute Gasteiger partial charge is 0.336 e. The summed E-state index contributed by atoms with van der Waals surface area (Å²) < 4.78 is 1.70. The van der Waals surface area contributed by atoms with Crippen molar-refractivity contribution in [1.29, 1.82) is 0 Å². The molecule has 0 radical (unpaired) electrons. The van der Waals surface area contributed by atoms with E-state index in [1.807, 2.05) is 19.2 Å². The minimum atomic E-state index is 0.00165. The van der Waals surface area contributed by atoms with E-state index in [1.54, 1.807) is 23.0 Å². The van der Waals surface area contributed by atoms with Gasteiger partial charge in [-0.25, -0.2) is 4.98 Å². The highest BCUT2D eigenvalue weighted by atomic mass is 16.1. The SMILES string of the molecule is Cn1c(N2C3CCCC2CC3)nc(-c2ccncc2)cc1=O. The highest BCUT2D eigenvalue weighted by molar-refractivity contribution is 5.60. The van der Waals surface area contributed by atoms with Crippen molar-refractivity contribution in [3.8, 4) is 11.3 Å². The van der Waals surface area contributed by atoms with Gasteiger partial charge in [-0.3, -0.25) is 14.3 Å². The van der Waals surface area contributed by atoms with Crippen LogP contribution in [0, 0.1) is 0 Å². The Bertz CT molecular complexity index is 724. The third kappa shape index (κ3) is 2.12. The minimum Gasteiger partial charge on any atom is -0.336 e. The molecule has 5 heteroatoms. The molecule has 0 amide bonds. The number of rotatable bonds is 2. The summed E-state index contributed by atoms with van der Waals surface area (Å²) in [6.45, 7) is 0. The highest BCUT2D eigenvalue weighted by Crippen LogP contribution is 2.38. The maximum atomic E-state index is 12.4. The van der Waals surface area contributed by atoms with Gasteiger partial charge in [-0.2, -0.15) is 0 Å². The number of piperidine rings is 1. The summed E-state index contributed by atoms with van der Waals surface area (Å²) >= 11 is 0. The average Bonchev–Trinajstić information content (AvgIpc) is 2.79. The standard InChI is InChI=1S/C17H20N4O/c1-20-16(22)11-15(12-7-9-18-10-8-12)19-17(20)21-13-3-2-4-14(21)6-5-13/h7-11,13-14H,2-6H2,1H3. The molecule has 4 heterocycles. The molecule has 2 unspecified atom stereocenters. The lowest BCUT2D eigenvalue weighted by atomic mass is 10.0. The molecule has 4 rings (SSSR count). The van der Waals surface area contributed by atoms with Crippen LogP contribution >= 0.6 is 0 Å². The summed E-state index contributed by atoms with van der Waals surface area (Å²) in [5, 5.41) is 0. The Morgan fingerprint density at radius 3 is 2.45 bits per heavy atom. The predicted octanol–water partition coefficient (Wildman–Crippen LogP) is 2.36. The molecule has 22 heavy (non-hydrogen) atoms. The van der Waals surface area contributed by atoms with Crippen LogP contribution in [0.15, 0.2) is 35.4 Å². The molecule has 0 aromatic carbocycles. The number of nitrogens with zero attached hydrogens (tertiary/aromatic N) is 4. The second kappa shape index (κ2) is 5.23. The lowest BCUT2D eigenvalue weighted by Gasteiger charge is -2.36. The molecule has 2 atom stereocenters. The average molecular weight is 296 g/mol. The molecule has 2 bridgehead atoms. The van der Waals surface area contributed by atoms with E-state index in [0.29, 0.717) is 12.1 Å². The zero-order chi connectivity index (χ0) is 15.1. The lowest BCUT2D eigenvalue weighted by molar-refractivity contribution is 0.453. The van der Waals surface area contributed by atoms with Crippen LogP contribution in [0.5, 0.6) is 0 Å². The van der Waals surface area contributed by atoms with Gasteiger partial charge in [-0.05, 0) is 44.2 Å². The molecule has 2 aliphatic heterocycles. The molecule has 2 aromatic rings. The minimum absolute atomic E-state index is 0.00165. The fourth-order valence-corrected chi connectivity index (χ4v) is 3.87. The first-order valence-corrected chi connectivity index (χ1v) is 8.01. The van der Waals surface area contributed by atoms with Crippen LogP contribution < -0.4 is 10.5 Å². The van der Waals surface area contributed by atoms with Crippen LogP contribution in [0.4, 0.5) is 5.95 Å². The van der Waals surface area contributed by atoms with Gasteiger partial charge in [-0.15, -0.1) is 0 Å². The number of hydrogen-bond acceptors (Lipinski definition) is 4. The molecule has 5 nitrogen and oxygen atoms in total. The van der Waals surface area contributed by atoms with Gasteiger partial charge >= 0.3 is 0 Å². The predicted molar refractivity (Wildman–Crippen MR) is 85.8 cm³/mol. The van der Waals surface area contributed by atoms with Gasteiger partial charge in [0.25, 0.3) is 5.56 Å². The molecule has 0 saturated carbocycles. The number of hydrogen-bond donors (Lipinski definition) is 0. The molecule has 2 aliphatic rings. The van der Waals surface area contributed by atoms with Gasteiger partial charge < -0.3 is 4.90 Å². The van der Waals surface area contributed by atoms with Crippen molar-refractivity contribution >= 4 is 5.95 Å². The summed E-state index contributed by atoms with van der Waals surface area (Å²) in [5.74, 6) is 0.825. The summed E-state index contributed by atoms with van der Waals surface area (Å²) in [4.78, 5) is 23.7. The Kier molecular flexibility index (Phi) is 3.21. The number of anilines is 1. The smallest absolute Gasteiger partial charge is 0.255 e.